The highest BCUT2D eigenvalue weighted by atomic mass is 16.3. The third kappa shape index (κ3) is 2.46. The minimum Gasteiger partial charge on any atom is -0.444 e. The summed E-state index contributed by atoms with van der Waals surface area (Å²) in [5.74, 6) is 0.688. The molecule has 0 radical (unpaired) electrons. The molecule has 0 N–H and O–H groups in total. The van der Waals surface area contributed by atoms with E-state index in [0.717, 1.165) is 11.3 Å². The Hall–Kier alpha value is -1.57. The molecule has 2 aromatic rings. The molecule has 0 fully saturated rings. The quantitative estimate of drug-likeness (QED) is 0.684. The number of hydrogen-bond acceptors (Lipinski definition) is 2. The first-order valence-corrected chi connectivity index (χ1v) is 4.84. The van der Waals surface area contributed by atoms with Gasteiger partial charge in [0.1, 0.15) is 6.26 Å². The molecule has 1 aromatic carbocycles. The van der Waals surface area contributed by atoms with Gasteiger partial charge in [0, 0.05) is 5.56 Å². The van der Waals surface area contributed by atoms with E-state index in [1.807, 2.05) is 51.1 Å². The minimum absolute atomic E-state index is 0.688. The third-order valence-corrected chi connectivity index (χ3v) is 1.64. The second-order valence-corrected chi connectivity index (χ2v) is 2.66. The Balaban J connectivity index is 0.000000461. The van der Waals surface area contributed by atoms with Crippen molar-refractivity contribution in [1.82, 2.24) is 4.98 Å². The topological polar surface area (TPSA) is 26.0 Å². The van der Waals surface area contributed by atoms with Crippen LogP contribution in [0, 0.1) is 6.92 Å². The normalized spacial score (nSPS) is 9.07. The predicted molar refractivity (Wildman–Crippen MR) is 58.0 cm³/mol. The lowest BCUT2D eigenvalue weighted by atomic mass is 10.2. The SMILES string of the molecule is CC.Cc1coc(-c2ccccc2)n1. The number of benzene rings is 1. The van der Waals surface area contributed by atoms with Crippen molar-refractivity contribution >= 4 is 0 Å². The zero-order valence-corrected chi connectivity index (χ0v) is 8.82. The van der Waals surface area contributed by atoms with Gasteiger partial charge >= 0.3 is 0 Å². The molecule has 0 saturated carbocycles. The van der Waals surface area contributed by atoms with E-state index in [-0.39, 0.29) is 0 Å². The van der Waals surface area contributed by atoms with Crippen molar-refractivity contribution < 1.29 is 4.42 Å². The summed E-state index contributed by atoms with van der Waals surface area (Å²) < 4.78 is 5.24. The van der Waals surface area contributed by atoms with E-state index in [9.17, 15) is 0 Å². The first-order chi connectivity index (χ1) is 6.86. The number of hydrogen-bond donors (Lipinski definition) is 0. The fourth-order valence-electron chi connectivity index (χ4n) is 1.07. The molecule has 1 aromatic heterocycles. The molecule has 2 nitrogen and oxygen atoms in total. The van der Waals surface area contributed by atoms with Gasteiger partial charge in [-0.2, -0.15) is 0 Å². The number of nitrogens with zero attached hydrogens (tertiary/aromatic N) is 1. The average molecular weight is 189 g/mol. The number of rotatable bonds is 1. The first-order valence-electron chi connectivity index (χ1n) is 4.84. The molecule has 0 aliphatic carbocycles. The van der Waals surface area contributed by atoms with Crippen LogP contribution in [0.1, 0.15) is 19.5 Å². The van der Waals surface area contributed by atoms with Crippen LogP contribution in [-0.4, -0.2) is 4.98 Å². The zero-order valence-electron chi connectivity index (χ0n) is 8.82. The summed E-state index contributed by atoms with van der Waals surface area (Å²) in [6, 6.07) is 9.86. The maximum absolute atomic E-state index is 5.24. The highest BCUT2D eigenvalue weighted by Gasteiger charge is 2.01. The second kappa shape index (κ2) is 5.22. The molecule has 74 valence electrons. The molecule has 0 amide bonds. The van der Waals surface area contributed by atoms with Gasteiger partial charge < -0.3 is 4.42 Å². The maximum atomic E-state index is 5.24. The molecule has 0 unspecified atom stereocenters. The summed E-state index contributed by atoms with van der Waals surface area (Å²) in [6.45, 7) is 5.91. The lowest BCUT2D eigenvalue weighted by Crippen LogP contribution is -1.75. The summed E-state index contributed by atoms with van der Waals surface area (Å²) in [6.07, 6.45) is 1.66. The third-order valence-electron chi connectivity index (χ3n) is 1.64. The molecule has 0 spiro atoms. The molecule has 0 bridgehead atoms. The lowest BCUT2D eigenvalue weighted by Gasteiger charge is -1.91. The van der Waals surface area contributed by atoms with E-state index < -0.39 is 0 Å². The molecule has 1 heterocycles. The number of aryl methyl sites for hydroxylation is 1. The fourth-order valence-corrected chi connectivity index (χ4v) is 1.07. The lowest BCUT2D eigenvalue weighted by molar-refractivity contribution is 0.573. The fraction of sp³-hybridized carbons (Fsp3) is 0.250. The monoisotopic (exact) mass is 189 g/mol. The Bertz CT molecular complexity index is 365. The molecular formula is C12H15NO. The van der Waals surface area contributed by atoms with Crippen molar-refractivity contribution in [2.24, 2.45) is 0 Å². The standard InChI is InChI=1S/C10H9NO.C2H6/c1-8-7-12-10(11-8)9-5-3-2-4-6-9;1-2/h2-7H,1H3;1-2H3. The Kier molecular flexibility index (Phi) is 3.92. The van der Waals surface area contributed by atoms with Gasteiger partial charge in [-0.25, -0.2) is 4.98 Å². The van der Waals surface area contributed by atoms with Crippen molar-refractivity contribution in [2.75, 3.05) is 0 Å². The van der Waals surface area contributed by atoms with Gasteiger partial charge in [0.25, 0.3) is 0 Å². The van der Waals surface area contributed by atoms with Gasteiger partial charge in [0.2, 0.25) is 5.89 Å². The molecule has 2 rings (SSSR count). The molecule has 0 aliphatic rings. The number of oxazole rings is 1. The van der Waals surface area contributed by atoms with E-state index in [2.05, 4.69) is 4.98 Å². The van der Waals surface area contributed by atoms with Crippen molar-refractivity contribution in [3.8, 4) is 11.5 Å². The summed E-state index contributed by atoms with van der Waals surface area (Å²) in [4.78, 5) is 4.21. The Morgan fingerprint density at radius 3 is 2.21 bits per heavy atom. The van der Waals surface area contributed by atoms with Crippen molar-refractivity contribution in [2.45, 2.75) is 20.8 Å². The summed E-state index contributed by atoms with van der Waals surface area (Å²) in [5, 5.41) is 0. The Morgan fingerprint density at radius 2 is 1.71 bits per heavy atom. The van der Waals surface area contributed by atoms with E-state index in [1.54, 1.807) is 6.26 Å². The molecule has 0 saturated heterocycles. The molecular weight excluding hydrogens is 174 g/mol. The van der Waals surface area contributed by atoms with E-state index in [0.29, 0.717) is 5.89 Å². The van der Waals surface area contributed by atoms with E-state index >= 15 is 0 Å². The summed E-state index contributed by atoms with van der Waals surface area (Å²) >= 11 is 0. The molecule has 0 aliphatic heterocycles. The van der Waals surface area contributed by atoms with Crippen molar-refractivity contribution in [1.29, 1.82) is 0 Å². The van der Waals surface area contributed by atoms with Crippen LogP contribution in [0.3, 0.4) is 0 Å². The smallest absolute Gasteiger partial charge is 0.226 e. The number of aromatic nitrogens is 1. The second-order valence-electron chi connectivity index (χ2n) is 2.66. The van der Waals surface area contributed by atoms with Gasteiger partial charge in [0.05, 0.1) is 5.69 Å². The Morgan fingerprint density at radius 1 is 1.07 bits per heavy atom. The highest BCUT2D eigenvalue weighted by Crippen LogP contribution is 2.16. The van der Waals surface area contributed by atoms with Crippen molar-refractivity contribution in [3.63, 3.8) is 0 Å². The minimum atomic E-state index is 0.688. The van der Waals surface area contributed by atoms with Gasteiger partial charge in [0.15, 0.2) is 0 Å². The van der Waals surface area contributed by atoms with Crippen LogP contribution in [0.15, 0.2) is 41.0 Å². The van der Waals surface area contributed by atoms with Gasteiger partial charge in [-0.3, -0.25) is 0 Å². The van der Waals surface area contributed by atoms with Crippen LogP contribution in [0.4, 0.5) is 0 Å². The summed E-state index contributed by atoms with van der Waals surface area (Å²) in [7, 11) is 0. The Labute approximate surface area is 84.6 Å². The van der Waals surface area contributed by atoms with Crippen LogP contribution in [-0.2, 0) is 0 Å². The van der Waals surface area contributed by atoms with E-state index in [4.69, 9.17) is 4.42 Å². The van der Waals surface area contributed by atoms with Crippen LogP contribution in [0.2, 0.25) is 0 Å². The van der Waals surface area contributed by atoms with Crippen LogP contribution in [0.25, 0.3) is 11.5 Å². The molecule has 0 atom stereocenters. The largest absolute Gasteiger partial charge is 0.444 e. The summed E-state index contributed by atoms with van der Waals surface area (Å²) in [5.41, 5.74) is 1.93. The van der Waals surface area contributed by atoms with E-state index in [1.165, 1.54) is 0 Å². The first kappa shape index (κ1) is 10.5. The predicted octanol–water partition coefficient (Wildman–Crippen LogP) is 3.68. The van der Waals surface area contributed by atoms with Crippen LogP contribution >= 0.6 is 0 Å². The van der Waals surface area contributed by atoms with Crippen LogP contribution in [0.5, 0.6) is 0 Å². The van der Waals surface area contributed by atoms with Crippen LogP contribution < -0.4 is 0 Å². The molecule has 2 heteroatoms. The zero-order chi connectivity index (χ0) is 10.4. The van der Waals surface area contributed by atoms with Gasteiger partial charge in [-0.05, 0) is 19.1 Å². The molecule has 14 heavy (non-hydrogen) atoms. The highest BCUT2D eigenvalue weighted by molar-refractivity contribution is 5.52. The van der Waals surface area contributed by atoms with Gasteiger partial charge in [-0.1, -0.05) is 32.0 Å². The average Bonchev–Trinajstić information content (AvgIpc) is 2.69. The van der Waals surface area contributed by atoms with Crippen molar-refractivity contribution in [3.05, 3.63) is 42.3 Å². The van der Waals surface area contributed by atoms with Gasteiger partial charge in [-0.15, -0.1) is 0 Å². The maximum Gasteiger partial charge on any atom is 0.226 e.